The van der Waals surface area contributed by atoms with Gasteiger partial charge < -0.3 is 26.8 Å². The Kier molecular flexibility index (Phi) is 6.68. The van der Waals surface area contributed by atoms with Gasteiger partial charge >= 0.3 is 0 Å². The Hall–Kier alpha value is -4.26. The summed E-state index contributed by atoms with van der Waals surface area (Å²) >= 11 is 0. The second-order valence-electron chi connectivity index (χ2n) is 8.78. The van der Waals surface area contributed by atoms with Crippen molar-refractivity contribution in [3.8, 4) is 17.2 Å². The second kappa shape index (κ2) is 9.31. The molecule has 3 aromatic rings. The average Bonchev–Trinajstić information content (AvgIpc) is 2.79. The Labute approximate surface area is 199 Å². The van der Waals surface area contributed by atoms with Crippen LogP contribution < -0.4 is 11.5 Å². The monoisotopic (exact) mass is 458 g/mol. The van der Waals surface area contributed by atoms with Crippen LogP contribution >= 0.6 is 0 Å². The summed E-state index contributed by atoms with van der Waals surface area (Å²) in [5.74, 6) is 0.0487. The van der Waals surface area contributed by atoms with E-state index in [9.17, 15) is 15.3 Å². The van der Waals surface area contributed by atoms with Crippen LogP contribution in [0.25, 0.3) is 5.57 Å². The second-order valence-corrected chi connectivity index (χ2v) is 8.78. The number of rotatable bonds is 8. The first-order chi connectivity index (χ1) is 16.0. The van der Waals surface area contributed by atoms with Gasteiger partial charge in [-0.15, -0.1) is 0 Å². The van der Waals surface area contributed by atoms with Crippen molar-refractivity contribution in [2.45, 2.75) is 31.1 Å². The number of nitrogens with two attached hydrogens (primary N) is 2. The number of aromatic hydroxyl groups is 3. The molecule has 0 heterocycles. The van der Waals surface area contributed by atoms with Crippen LogP contribution in [0.1, 0.15) is 37.0 Å². The Bertz CT molecular complexity index is 1220. The summed E-state index contributed by atoms with van der Waals surface area (Å²) in [6.45, 7) is 3.69. The topological polar surface area (TPSA) is 160 Å². The van der Waals surface area contributed by atoms with Crippen molar-refractivity contribution in [3.63, 3.8) is 0 Å². The van der Waals surface area contributed by atoms with E-state index in [1.54, 1.807) is 48.5 Å². The predicted octanol–water partition coefficient (Wildman–Crippen LogP) is 4.36. The number of allylic oxidation sites excluding steroid dienone is 1. The lowest BCUT2D eigenvalue weighted by Crippen LogP contribution is -2.49. The molecule has 3 aromatic carbocycles. The van der Waals surface area contributed by atoms with Gasteiger partial charge in [0.25, 0.3) is 0 Å². The first kappa shape index (κ1) is 24.4. The minimum atomic E-state index is -1.19. The SMILES string of the molecule is CC(=CC(CC(C)(C(=N)N)c1ccc(O)cc1)(C(=N)N)c1ccc(O)cc1)c1ccc(O)cc1. The van der Waals surface area contributed by atoms with E-state index in [4.69, 9.17) is 22.3 Å². The lowest BCUT2D eigenvalue weighted by atomic mass is 9.64. The quantitative estimate of drug-likeness (QED) is 0.197. The Morgan fingerprint density at radius 1 is 0.735 bits per heavy atom. The van der Waals surface area contributed by atoms with Crippen LogP contribution in [0, 0.1) is 10.8 Å². The molecule has 0 aliphatic heterocycles. The van der Waals surface area contributed by atoms with Gasteiger partial charge in [0.05, 0.1) is 10.8 Å². The summed E-state index contributed by atoms with van der Waals surface area (Å²) in [5.41, 5.74) is 13.2. The molecule has 0 aromatic heterocycles. The van der Waals surface area contributed by atoms with Crippen molar-refractivity contribution in [2.75, 3.05) is 0 Å². The molecule has 0 amide bonds. The molecule has 0 saturated heterocycles. The zero-order valence-electron chi connectivity index (χ0n) is 19.2. The van der Waals surface area contributed by atoms with Crippen molar-refractivity contribution in [3.05, 3.63) is 95.6 Å². The highest BCUT2D eigenvalue weighted by molar-refractivity contribution is 5.96. The molecular weight excluding hydrogens is 428 g/mol. The van der Waals surface area contributed by atoms with Gasteiger partial charge in [-0.2, -0.15) is 0 Å². The third kappa shape index (κ3) is 4.73. The average molecular weight is 459 g/mol. The van der Waals surface area contributed by atoms with Gasteiger partial charge in [-0.1, -0.05) is 42.5 Å². The van der Waals surface area contributed by atoms with Crippen molar-refractivity contribution < 1.29 is 15.3 Å². The van der Waals surface area contributed by atoms with Gasteiger partial charge in [0, 0.05) is 0 Å². The molecule has 7 nitrogen and oxygen atoms in total. The minimum absolute atomic E-state index is 0.0771. The Morgan fingerprint density at radius 2 is 1.15 bits per heavy atom. The molecule has 34 heavy (non-hydrogen) atoms. The van der Waals surface area contributed by atoms with Crippen LogP contribution in [0.4, 0.5) is 0 Å². The fraction of sp³-hybridized carbons (Fsp3) is 0.185. The summed E-state index contributed by atoms with van der Waals surface area (Å²) < 4.78 is 0. The number of benzene rings is 3. The fourth-order valence-corrected chi connectivity index (χ4v) is 4.24. The van der Waals surface area contributed by atoms with Gasteiger partial charge in [0.2, 0.25) is 0 Å². The highest BCUT2D eigenvalue weighted by Gasteiger charge is 2.44. The molecule has 0 aliphatic carbocycles. The maximum atomic E-state index is 9.87. The summed E-state index contributed by atoms with van der Waals surface area (Å²) in [7, 11) is 0. The van der Waals surface area contributed by atoms with E-state index in [1.165, 1.54) is 24.3 Å². The molecule has 2 atom stereocenters. The van der Waals surface area contributed by atoms with Crippen molar-refractivity contribution in [1.29, 1.82) is 10.8 Å². The lowest BCUT2D eigenvalue weighted by Gasteiger charge is -2.40. The summed E-state index contributed by atoms with van der Waals surface area (Å²) in [6.07, 6.45) is 2.02. The maximum absolute atomic E-state index is 9.87. The Morgan fingerprint density at radius 3 is 1.56 bits per heavy atom. The first-order valence-electron chi connectivity index (χ1n) is 10.7. The van der Waals surface area contributed by atoms with E-state index in [-0.39, 0.29) is 35.3 Å². The van der Waals surface area contributed by atoms with Crippen molar-refractivity contribution >= 4 is 17.2 Å². The molecule has 0 spiro atoms. The normalized spacial score (nSPS) is 15.2. The summed E-state index contributed by atoms with van der Waals surface area (Å²) in [5, 5.41) is 46.4. The highest BCUT2D eigenvalue weighted by Crippen LogP contribution is 2.43. The minimum Gasteiger partial charge on any atom is -0.508 e. The van der Waals surface area contributed by atoms with E-state index in [1.807, 2.05) is 19.9 Å². The molecule has 0 radical (unpaired) electrons. The number of amidine groups is 2. The third-order valence-corrected chi connectivity index (χ3v) is 6.38. The van der Waals surface area contributed by atoms with Crippen LogP contribution in [0.3, 0.4) is 0 Å². The molecule has 3 rings (SSSR count). The number of nitrogens with one attached hydrogen (secondary N) is 2. The summed E-state index contributed by atoms with van der Waals surface area (Å²) in [4.78, 5) is 0. The molecule has 7 heteroatoms. The highest BCUT2D eigenvalue weighted by atomic mass is 16.3. The van der Waals surface area contributed by atoms with E-state index < -0.39 is 10.8 Å². The molecule has 2 unspecified atom stereocenters. The van der Waals surface area contributed by atoms with Gasteiger partial charge in [0.15, 0.2) is 0 Å². The zero-order valence-corrected chi connectivity index (χ0v) is 19.2. The van der Waals surface area contributed by atoms with Gasteiger partial charge in [0.1, 0.15) is 28.9 Å². The van der Waals surface area contributed by atoms with Crippen LogP contribution in [-0.2, 0) is 10.8 Å². The van der Waals surface area contributed by atoms with Crippen molar-refractivity contribution in [2.24, 2.45) is 11.5 Å². The fourth-order valence-electron chi connectivity index (χ4n) is 4.24. The number of hydrogen-bond donors (Lipinski definition) is 7. The third-order valence-electron chi connectivity index (χ3n) is 6.38. The predicted molar refractivity (Wildman–Crippen MR) is 135 cm³/mol. The van der Waals surface area contributed by atoms with Crippen LogP contribution in [0.5, 0.6) is 17.2 Å². The Balaban J connectivity index is 2.26. The van der Waals surface area contributed by atoms with E-state index >= 15 is 0 Å². The van der Waals surface area contributed by atoms with Crippen molar-refractivity contribution in [1.82, 2.24) is 0 Å². The van der Waals surface area contributed by atoms with E-state index in [0.717, 1.165) is 11.1 Å². The standard InChI is InChI=1S/C27H30N4O3/c1-17(18-3-9-21(32)10-4-18)15-27(25(30)31,20-7-13-23(34)14-8-20)16-26(2,24(28)29)19-5-11-22(33)12-6-19/h3-15,32-34H,16H2,1-2H3,(H3,28,29)(H3,30,31). The van der Waals surface area contributed by atoms with Crippen LogP contribution in [-0.4, -0.2) is 27.0 Å². The smallest absolute Gasteiger partial charge is 0.115 e. The van der Waals surface area contributed by atoms with Gasteiger partial charge in [-0.25, -0.2) is 0 Å². The number of phenolic OH excluding ortho intramolecular Hbond substituents is 3. The zero-order chi connectivity index (χ0) is 25.1. The van der Waals surface area contributed by atoms with Crippen LogP contribution in [0.15, 0.2) is 78.9 Å². The molecular formula is C27H30N4O3. The number of hydrogen-bond acceptors (Lipinski definition) is 5. The van der Waals surface area contributed by atoms with E-state index in [2.05, 4.69) is 0 Å². The number of phenols is 3. The lowest BCUT2D eigenvalue weighted by molar-refractivity contribution is 0.466. The van der Waals surface area contributed by atoms with Gasteiger partial charge in [-0.05, 0) is 78.9 Å². The molecule has 0 fully saturated rings. The van der Waals surface area contributed by atoms with Gasteiger partial charge in [-0.3, -0.25) is 10.8 Å². The largest absolute Gasteiger partial charge is 0.508 e. The van der Waals surface area contributed by atoms with E-state index in [0.29, 0.717) is 11.1 Å². The molecule has 0 saturated carbocycles. The van der Waals surface area contributed by atoms with Crippen LogP contribution in [0.2, 0.25) is 0 Å². The maximum Gasteiger partial charge on any atom is 0.115 e. The summed E-state index contributed by atoms with van der Waals surface area (Å²) in [6, 6.07) is 19.6. The molecule has 9 N–H and O–H groups in total. The molecule has 176 valence electrons. The molecule has 0 aliphatic rings. The molecule has 0 bridgehead atoms. The first-order valence-corrected chi connectivity index (χ1v) is 10.7.